The molecule has 0 aromatic heterocycles. The maximum absolute atomic E-state index is 15.8. The molecule has 1 aliphatic carbocycles. The van der Waals surface area contributed by atoms with Gasteiger partial charge in [0.2, 0.25) is 11.9 Å². The third kappa shape index (κ3) is 7.00. The number of ether oxygens (including phenoxy) is 1. The highest BCUT2D eigenvalue weighted by Gasteiger charge is 2.60. The molecule has 1 saturated heterocycles. The van der Waals surface area contributed by atoms with Gasteiger partial charge < -0.3 is 15.2 Å². The lowest BCUT2D eigenvalue weighted by Gasteiger charge is -2.31. The zero-order valence-corrected chi connectivity index (χ0v) is 27.7. The van der Waals surface area contributed by atoms with Crippen LogP contribution in [0.25, 0.3) is 0 Å². The molecular formula is C33H33Cl2FN4O8. The van der Waals surface area contributed by atoms with Crippen LogP contribution >= 0.6 is 23.2 Å². The number of rotatable bonds is 11. The number of hydrogen-bond donors (Lipinski definition) is 2. The summed E-state index contributed by atoms with van der Waals surface area (Å²) in [5, 5.41) is 39.6. The fraction of sp³-hybridized carbons (Fsp3) is 0.394. The smallest absolute Gasteiger partial charge is 0.338 e. The average Bonchev–Trinajstić information content (AvgIpc) is 3.80. The van der Waals surface area contributed by atoms with Crippen molar-refractivity contribution in [3.05, 3.63) is 112 Å². The molecule has 1 heterocycles. The van der Waals surface area contributed by atoms with E-state index < -0.39 is 69.8 Å². The summed E-state index contributed by atoms with van der Waals surface area (Å²) < 4.78 is 20.5. The van der Waals surface area contributed by atoms with Crippen LogP contribution in [0.2, 0.25) is 10.0 Å². The Morgan fingerprint density at radius 1 is 1.10 bits per heavy atom. The molecular weight excluding hydrogens is 670 g/mol. The highest BCUT2D eigenvalue weighted by molar-refractivity contribution is 6.31. The summed E-state index contributed by atoms with van der Waals surface area (Å²) in [6.45, 7) is 3.47. The summed E-state index contributed by atoms with van der Waals surface area (Å²) in [4.78, 5) is 51.9. The van der Waals surface area contributed by atoms with Gasteiger partial charge in [0.05, 0.1) is 46.2 Å². The van der Waals surface area contributed by atoms with E-state index in [-0.39, 0.29) is 39.7 Å². The monoisotopic (exact) mass is 702 g/mol. The van der Waals surface area contributed by atoms with Crippen molar-refractivity contribution in [2.45, 2.75) is 63.3 Å². The number of carbonyl (C=O) groups is 2. The second-order valence-corrected chi connectivity index (χ2v) is 13.1. The minimum atomic E-state index is -1.65. The molecule has 0 spiro atoms. The summed E-state index contributed by atoms with van der Waals surface area (Å²) in [5.74, 6) is -3.66. The Kier molecular flexibility index (Phi) is 10.3. The number of likely N-dealkylation sites (tertiary alicyclic amines) is 1. The normalized spacial score (nSPS) is 21.5. The van der Waals surface area contributed by atoms with Crippen molar-refractivity contribution in [3.63, 3.8) is 0 Å². The number of nitrogens with one attached hydrogen (secondary N) is 1. The third-order valence-electron chi connectivity index (χ3n) is 9.16. The van der Waals surface area contributed by atoms with Gasteiger partial charge in [-0.3, -0.25) is 29.9 Å². The van der Waals surface area contributed by atoms with Crippen molar-refractivity contribution in [3.8, 4) is 0 Å². The molecule has 0 bridgehead atoms. The summed E-state index contributed by atoms with van der Waals surface area (Å²) in [6, 6.07) is 7.10. The number of amides is 1. The molecule has 2 aliphatic rings. The van der Waals surface area contributed by atoms with E-state index in [2.05, 4.69) is 5.32 Å². The molecule has 3 aromatic rings. The van der Waals surface area contributed by atoms with Crippen molar-refractivity contribution >= 4 is 46.5 Å². The van der Waals surface area contributed by atoms with E-state index in [0.717, 1.165) is 26.0 Å². The lowest BCUT2D eigenvalue weighted by atomic mass is 9.84. The Labute approximate surface area is 285 Å². The van der Waals surface area contributed by atoms with Gasteiger partial charge in [0.1, 0.15) is 11.9 Å². The number of halogens is 3. The second kappa shape index (κ2) is 14.1. The van der Waals surface area contributed by atoms with Crippen molar-refractivity contribution in [2.24, 2.45) is 5.92 Å². The second-order valence-electron chi connectivity index (χ2n) is 12.3. The lowest BCUT2D eigenvalue weighted by molar-refractivity contribution is -0.528. The first-order valence-electron chi connectivity index (χ1n) is 15.2. The van der Waals surface area contributed by atoms with Crippen molar-refractivity contribution < 1.29 is 33.7 Å². The minimum absolute atomic E-state index is 0.0796. The molecule has 12 nitrogen and oxygen atoms in total. The number of benzene rings is 3. The van der Waals surface area contributed by atoms with Crippen LogP contribution in [0.5, 0.6) is 0 Å². The Morgan fingerprint density at radius 3 is 2.44 bits per heavy atom. The molecule has 1 unspecified atom stereocenters. The van der Waals surface area contributed by atoms with Gasteiger partial charge in [0.15, 0.2) is 0 Å². The lowest BCUT2D eigenvalue weighted by Crippen LogP contribution is -2.47. The Bertz CT molecular complexity index is 1790. The van der Waals surface area contributed by atoms with Gasteiger partial charge in [0.25, 0.3) is 5.69 Å². The zero-order chi connectivity index (χ0) is 35.0. The number of nitro groups is 2. The van der Waals surface area contributed by atoms with E-state index in [9.17, 15) is 34.9 Å². The zero-order valence-electron chi connectivity index (χ0n) is 26.2. The first kappa shape index (κ1) is 35.1. The molecule has 1 aliphatic heterocycles. The van der Waals surface area contributed by atoms with E-state index in [1.165, 1.54) is 37.3 Å². The van der Waals surface area contributed by atoms with E-state index in [0.29, 0.717) is 16.3 Å². The van der Waals surface area contributed by atoms with Crippen LogP contribution in [0.15, 0.2) is 48.5 Å². The largest absolute Gasteiger partial charge is 0.465 e. The molecule has 2 N–H and O–H groups in total. The van der Waals surface area contributed by atoms with Gasteiger partial charge in [0, 0.05) is 33.8 Å². The molecule has 5 atom stereocenters. The predicted octanol–water partition coefficient (Wildman–Crippen LogP) is 6.40. The first-order chi connectivity index (χ1) is 22.7. The molecule has 0 radical (unpaired) electrons. The number of esters is 1. The van der Waals surface area contributed by atoms with Gasteiger partial charge in [-0.25, -0.2) is 9.18 Å². The van der Waals surface area contributed by atoms with Gasteiger partial charge in [-0.05, 0) is 74.4 Å². The van der Waals surface area contributed by atoms with Gasteiger partial charge in [-0.2, -0.15) is 0 Å². The van der Waals surface area contributed by atoms with Gasteiger partial charge in [-0.15, -0.1) is 0 Å². The van der Waals surface area contributed by atoms with Crippen molar-refractivity contribution in [2.75, 3.05) is 19.0 Å². The standard InChI is InChI=1S/C33H33Cl2FN4O8/c1-16-7-10-19(34)12-24(16)37-32(42)31-28(20-5-4-6-23(35)29(20)36)30(40(46)47)26(38(31)15-18-8-9-18)14-27(41)22-11-17(2)21(33(43)48-3)13-25(22)39(44)45/h4-7,10-13,18,26-28,30-31,41H,8-9,14-15H2,1-3H3,(H,37,42)/t26-,27?,28-,30+,31+/m0/s1. The molecule has 1 amide bonds. The molecule has 5 rings (SSSR count). The number of methoxy groups -OCH3 is 1. The quantitative estimate of drug-likeness (QED) is 0.131. The molecule has 1 saturated carbocycles. The number of aliphatic hydroxyl groups is 1. The first-order valence-corrected chi connectivity index (χ1v) is 15.9. The highest BCUT2D eigenvalue weighted by Crippen LogP contribution is 2.47. The molecule has 2 fully saturated rings. The third-order valence-corrected chi connectivity index (χ3v) is 9.69. The topological polar surface area (TPSA) is 165 Å². The van der Waals surface area contributed by atoms with Crippen LogP contribution in [0.4, 0.5) is 15.8 Å². The van der Waals surface area contributed by atoms with E-state index in [1.54, 1.807) is 24.0 Å². The number of hydrogen-bond acceptors (Lipinski definition) is 9. The fourth-order valence-electron chi connectivity index (χ4n) is 6.64. The molecule has 15 heteroatoms. The maximum Gasteiger partial charge on any atom is 0.338 e. The summed E-state index contributed by atoms with van der Waals surface area (Å²) in [5.41, 5.74) is 0.329. The Hall–Kier alpha value is -4.17. The number of nitrogens with zero attached hydrogens (tertiary/aromatic N) is 3. The fourth-order valence-corrected chi connectivity index (χ4v) is 6.99. The number of anilines is 1. The van der Waals surface area contributed by atoms with E-state index >= 15 is 4.39 Å². The van der Waals surface area contributed by atoms with Crippen LogP contribution in [0, 0.1) is 45.8 Å². The van der Waals surface area contributed by atoms with Crippen LogP contribution in [0.1, 0.15) is 63.9 Å². The van der Waals surface area contributed by atoms with E-state index in [1.807, 2.05) is 0 Å². The minimum Gasteiger partial charge on any atom is -0.465 e. The molecule has 48 heavy (non-hydrogen) atoms. The van der Waals surface area contributed by atoms with Crippen LogP contribution in [-0.2, 0) is 9.53 Å². The molecule has 254 valence electrons. The average molecular weight is 704 g/mol. The SMILES string of the molecule is COC(=O)c1cc([N+](=O)[O-])c(C(O)C[C@H]2[C@@H]([N+](=O)[O-])[C@H](c3cccc(Cl)c3F)[C@H](C(=O)Nc3cc(Cl)ccc3C)N2CC2CC2)cc1C. The highest BCUT2D eigenvalue weighted by atomic mass is 35.5. The summed E-state index contributed by atoms with van der Waals surface area (Å²) >= 11 is 12.3. The summed E-state index contributed by atoms with van der Waals surface area (Å²) in [6.07, 6.45) is -0.472. The number of aryl methyl sites for hydroxylation is 2. The summed E-state index contributed by atoms with van der Waals surface area (Å²) in [7, 11) is 1.13. The van der Waals surface area contributed by atoms with Crippen LogP contribution in [0.3, 0.4) is 0 Å². The van der Waals surface area contributed by atoms with Gasteiger partial charge in [-0.1, -0.05) is 41.4 Å². The maximum atomic E-state index is 15.8. The number of carbonyl (C=O) groups excluding carboxylic acids is 2. The van der Waals surface area contributed by atoms with Gasteiger partial charge >= 0.3 is 5.97 Å². The van der Waals surface area contributed by atoms with Crippen molar-refractivity contribution in [1.82, 2.24) is 4.90 Å². The Morgan fingerprint density at radius 2 is 1.81 bits per heavy atom. The Balaban J connectivity index is 1.64. The van der Waals surface area contributed by atoms with E-state index in [4.69, 9.17) is 27.9 Å². The van der Waals surface area contributed by atoms with Crippen molar-refractivity contribution in [1.29, 1.82) is 0 Å². The number of aliphatic hydroxyl groups excluding tert-OH is 1. The number of nitro benzene ring substituents is 1. The van der Waals surface area contributed by atoms with Crippen LogP contribution < -0.4 is 5.32 Å². The predicted molar refractivity (Wildman–Crippen MR) is 176 cm³/mol. The molecule has 3 aromatic carbocycles. The van der Waals surface area contributed by atoms with Crippen LogP contribution in [-0.4, -0.2) is 63.5 Å².